The first kappa shape index (κ1) is 19.2. The number of halogens is 3. The van der Waals surface area contributed by atoms with E-state index in [1.807, 2.05) is 4.90 Å². The van der Waals surface area contributed by atoms with Gasteiger partial charge in [0.2, 0.25) is 0 Å². The summed E-state index contributed by atoms with van der Waals surface area (Å²) < 4.78 is 40.1. The van der Waals surface area contributed by atoms with Gasteiger partial charge in [-0.3, -0.25) is 14.5 Å². The van der Waals surface area contributed by atoms with Gasteiger partial charge in [-0.2, -0.15) is 18.3 Å². The van der Waals surface area contributed by atoms with E-state index < -0.39 is 11.9 Å². The maximum Gasteiger partial charge on any atom is 0.433 e. The standard InChI is InChI=1S/C18H22F3N5O/c1-24(17(27)14-10-23-25(2)12-14)11-13-4-7-26(8-5-13)15-3-6-22-16(9-15)18(19,20)21/h3,6,9-10,12-13H,4-5,7-8,11H2,1-2H3. The van der Waals surface area contributed by atoms with Crippen LogP contribution in [0.1, 0.15) is 28.9 Å². The minimum Gasteiger partial charge on any atom is -0.371 e. The van der Waals surface area contributed by atoms with Crippen LogP contribution in [0.3, 0.4) is 0 Å². The molecule has 2 aromatic rings. The summed E-state index contributed by atoms with van der Waals surface area (Å²) in [7, 11) is 3.52. The number of amides is 1. The summed E-state index contributed by atoms with van der Waals surface area (Å²) in [6.45, 7) is 1.92. The maximum atomic E-state index is 12.8. The van der Waals surface area contributed by atoms with E-state index in [0.717, 1.165) is 18.9 Å². The first-order chi connectivity index (χ1) is 12.7. The van der Waals surface area contributed by atoms with E-state index in [-0.39, 0.29) is 5.91 Å². The lowest BCUT2D eigenvalue weighted by Gasteiger charge is -2.35. The number of carbonyl (C=O) groups excluding carboxylic acids is 1. The summed E-state index contributed by atoms with van der Waals surface area (Å²) >= 11 is 0. The topological polar surface area (TPSA) is 54.3 Å². The van der Waals surface area contributed by atoms with Gasteiger partial charge >= 0.3 is 6.18 Å². The lowest BCUT2D eigenvalue weighted by molar-refractivity contribution is -0.141. The minimum atomic E-state index is -4.44. The monoisotopic (exact) mass is 381 g/mol. The Morgan fingerprint density at radius 2 is 2.04 bits per heavy atom. The van der Waals surface area contributed by atoms with Crippen molar-refractivity contribution in [1.82, 2.24) is 19.7 Å². The highest BCUT2D eigenvalue weighted by molar-refractivity contribution is 5.93. The number of alkyl halides is 3. The van der Waals surface area contributed by atoms with E-state index in [4.69, 9.17) is 0 Å². The molecule has 0 radical (unpaired) electrons. The molecule has 1 amide bonds. The predicted molar refractivity (Wildman–Crippen MR) is 94.3 cm³/mol. The van der Waals surface area contributed by atoms with E-state index in [9.17, 15) is 18.0 Å². The summed E-state index contributed by atoms with van der Waals surface area (Å²) in [5, 5.41) is 4.01. The number of carbonyl (C=O) groups is 1. The molecule has 0 bridgehead atoms. The van der Waals surface area contributed by atoms with Crippen LogP contribution in [0.25, 0.3) is 0 Å². The molecule has 27 heavy (non-hydrogen) atoms. The Kier molecular flexibility index (Phi) is 5.38. The van der Waals surface area contributed by atoms with Crippen molar-refractivity contribution in [2.45, 2.75) is 19.0 Å². The van der Waals surface area contributed by atoms with E-state index in [1.165, 1.54) is 6.20 Å². The molecule has 0 aromatic carbocycles. The Bertz CT molecular complexity index is 796. The lowest BCUT2D eigenvalue weighted by atomic mass is 9.95. The molecule has 1 saturated heterocycles. The third-order valence-electron chi connectivity index (χ3n) is 4.84. The molecule has 0 atom stereocenters. The molecule has 3 heterocycles. The van der Waals surface area contributed by atoms with E-state index >= 15 is 0 Å². The van der Waals surface area contributed by atoms with Crippen LogP contribution in [0.5, 0.6) is 0 Å². The number of nitrogens with zero attached hydrogens (tertiary/aromatic N) is 5. The molecule has 1 fully saturated rings. The van der Waals surface area contributed by atoms with Gasteiger partial charge < -0.3 is 9.80 Å². The molecule has 3 rings (SSSR count). The smallest absolute Gasteiger partial charge is 0.371 e. The van der Waals surface area contributed by atoms with Gasteiger partial charge in [-0.05, 0) is 30.9 Å². The van der Waals surface area contributed by atoms with Crippen molar-refractivity contribution < 1.29 is 18.0 Å². The number of pyridine rings is 1. The van der Waals surface area contributed by atoms with E-state index in [2.05, 4.69) is 10.1 Å². The van der Waals surface area contributed by atoms with Gasteiger partial charge in [0, 0.05) is 51.8 Å². The molecule has 1 aliphatic rings. The van der Waals surface area contributed by atoms with Crippen molar-refractivity contribution in [3.05, 3.63) is 42.0 Å². The molecule has 9 heteroatoms. The minimum absolute atomic E-state index is 0.0746. The Balaban J connectivity index is 1.55. The molecule has 0 saturated carbocycles. The zero-order valence-corrected chi connectivity index (χ0v) is 15.3. The van der Waals surface area contributed by atoms with Crippen LogP contribution in [0.2, 0.25) is 0 Å². The van der Waals surface area contributed by atoms with Crippen LogP contribution >= 0.6 is 0 Å². The Labute approximate surface area is 155 Å². The highest BCUT2D eigenvalue weighted by Crippen LogP contribution is 2.31. The fourth-order valence-corrected chi connectivity index (χ4v) is 3.37. The highest BCUT2D eigenvalue weighted by Gasteiger charge is 2.33. The van der Waals surface area contributed by atoms with E-state index in [1.54, 1.807) is 42.1 Å². The summed E-state index contributed by atoms with van der Waals surface area (Å²) in [6.07, 6.45) is 1.61. The van der Waals surface area contributed by atoms with Crippen molar-refractivity contribution in [3.63, 3.8) is 0 Å². The fourth-order valence-electron chi connectivity index (χ4n) is 3.37. The third kappa shape index (κ3) is 4.58. The summed E-state index contributed by atoms with van der Waals surface area (Å²) in [5.74, 6) is 0.241. The first-order valence-corrected chi connectivity index (χ1v) is 8.76. The van der Waals surface area contributed by atoms with Gasteiger partial charge in [0.05, 0.1) is 11.8 Å². The number of rotatable bonds is 4. The Morgan fingerprint density at radius 1 is 1.33 bits per heavy atom. The van der Waals surface area contributed by atoms with Gasteiger partial charge in [-0.25, -0.2) is 0 Å². The largest absolute Gasteiger partial charge is 0.433 e. The molecule has 2 aromatic heterocycles. The van der Waals surface area contributed by atoms with Crippen LogP contribution < -0.4 is 4.90 Å². The van der Waals surface area contributed by atoms with E-state index in [0.29, 0.717) is 36.8 Å². The molecule has 0 aliphatic carbocycles. The Hall–Kier alpha value is -2.58. The summed E-state index contributed by atoms with van der Waals surface area (Å²) in [5.41, 5.74) is 0.216. The summed E-state index contributed by atoms with van der Waals surface area (Å²) in [6, 6.07) is 2.70. The molecule has 0 spiro atoms. The van der Waals surface area contributed by atoms with Crippen molar-refractivity contribution in [2.24, 2.45) is 13.0 Å². The second kappa shape index (κ2) is 7.58. The fraction of sp³-hybridized carbons (Fsp3) is 0.500. The number of hydrogen-bond donors (Lipinski definition) is 0. The number of aromatic nitrogens is 3. The summed E-state index contributed by atoms with van der Waals surface area (Å²) in [4.78, 5) is 19.4. The second-order valence-electron chi connectivity index (χ2n) is 6.92. The number of hydrogen-bond acceptors (Lipinski definition) is 4. The van der Waals surface area contributed by atoms with Gasteiger partial charge in [-0.15, -0.1) is 0 Å². The Morgan fingerprint density at radius 3 is 2.63 bits per heavy atom. The predicted octanol–water partition coefficient (Wildman–Crippen LogP) is 2.82. The molecular weight excluding hydrogens is 359 g/mol. The van der Waals surface area contributed by atoms with Crippen LogP contribution in [-0.2, 0) is 13.2 Å². The quantitative estimate of drug-likeness (QED) is 0.817. The molecule has 1 aliphatic heterocycles. The molecule has 146 valence electrons. The van der Waals surface area contributed by atoms with Crippen LogP contribution in [-0.4, -0.2) is 52.3 Å². The highest BCUT2D eigenvalue weighted by atomic mass is 19.4. The van der Waals surface area contributed by atoms with Crippen molar-refractivity contribution in [1.29, 1.82) is 0 Å². The van der Waals surface area contributed by atoms with Crippen LogP contribution in [0, 0.1) is 5.92 Å². The lowest BCUT2D eigenvalue weighted by Crippen LogP contribution is -2.39. The van der Waals surface area contributed by atoms with Crippen LogP contribution in [0.4, 0.5) is 18.9 Å². The first-order valence-electron chi connectivity index (χ1n) is 8.76. The van der Waals surface area contributed by atoms with Crippen LogP contribution in [0.15, 0.2) is 30.7 Å². The number of piperidine rings is 1. The van der Waals surface area contributed by atoms with Crippen molar-refractivity contribution >= 4 is 11.6 Å². The van der Waals surface area contributed by atoms with Gasteiger partial charge in [0.25, 0.3) is 5.91 Å². The number of anilines is 1. The SMILES string of the molecule is CN(CC1CCN(c2ccnc(C(F)(F)F)c2)CC1)C(=O)c1cnn(C)c1. The molecule has 0 N–H and O–H groups in total. The molecule has 6 nitrogen and oxygen atoms in total. The maximum absolute atomic E-state index is 12.8. The normalized spacial score (nSPS) is 15.8. The average Bonchev–Trinajstić information content (AvgIpc) is 3.07. The second-order valence-corrected chi connectivity index (χ2v) is 6.92. The zero-order valence-electron chi connectivity index (χ0n) is 15.3. The van der Waals surface area contributed by atoms with Gasteiger partial charge in [0.15, 0.2) is 0 Å². The third-order valence-corrected chi connectivity index (χ3v) is 4.84. The molecule has 0 unspecified atom stereocenters. The van der Waals surface area contributed by atoms with Gasteiger partial charge in [-0.1, -0.05) is 0 Å². The van der Waals surface area contributed by atoms with Crippen molar-refractivity contribution in [3.8, 4) is 0 Å². The van der Waals surface area contributed by atoms with Gasteiger partial charge in [0.1, 0.15) is 5.69 Å². The average molecular weight is 381 g/mol. The van der Waals surface area contributed by atoms with Crippen molar-refractivity contribution in [2.75, 3.05) is 31.6 Å². The number of aryl methyl sites for hydroxylation is 1. The molecular formula is C18H22F3N5O. The zero-order chi connectivity index (χ0) is 19.6.